The van der Waals surface area contributed by atoms with Crippen LogP contribution in [0.3, 0.4) is 0 Å². The Labute approximate surface area is 124 Å². The smallest absolute Gasteiger partial charge is 0.178 e. The van der Waals surface area contributed by atoms with Gasteiger partial charge < -0.3 is 5.32 Å². The molecular formula is C12H14BrN3S2. The highest BCUT2D eigenvalue weighted by molar-refractivity contribution is 9.10. The first-order chi connectivity index (χ1) is 8.70. The Morgan fingerprint density at radius 3 is 3.00 bits per heavy atom. The van der Waals surface area contributed by atoms with Gasteiger partial charge >= 0.3 is 0 Å². The summed E-state index contributed by atoms with van der Waals surface area (Å²) in [5.74, 6) is 0. The first-order valence-electron chi connectivity index (χ1n) is 5.67. The van der Waals surface area contributed by atoms with Crippen molar-refractivity contribution in [2.75, 3.05) is 6.54 Å². The molecule has 0 saturated carbocycles. The van der Waals surface area contributed by atoms with Crippen molar-refractivity contribution >= 4 is 39.0 Å². The molecule has 18 heavy (non-hydrogen) atoms. The largest absolute Gasteiger partial charge is 0.310 e. The van der Waals surface area contributed by atoms with E-state index in [1.165, 1.54) is 10.5 Å². The fourth-order valence-electron chi connectivity index (χ4n) is 1.67. The van der Waals surface area contributed by atoms with Gasteiger partial charge in [0.25, 0.3) is 0 Å². The zero-order valence-electron chi connectivity index (χ0n) is 10.2. The second-order valence-corrected chi connectivity index (χ2v) is 6.81. The van der Waals surface area contributed by atoms with Crippen molar-refractivity contribution in [3.8, 4) is 0 Å². The number of hydrogen-bond donors (Lipinski definition) is 1. The van der Waals surface area contributed by atoms with Gasteiger partial charge in [-0.05, 0) is 37.2 Å². The molecule has 1 unspecified atom stereocenters. The molecule has 1 atom stereocenters. The fraction of sp³-hybridized carbons (Fsp3) is 0.333. The van der Waals surface area contributed by atoms with Crippen LogP contribution in [0.15, 0.2) is 37.4 Å². The van der Waals surface area contributed by atoms with Gasteiger partial charge in [-0.1, -0.05) is 46.0 Å². The van der Waals surface area contributed by atoms with E-state index in [1.54, 1.807) is 28.6 Å². The van der Waals surface area contributed by atoms with Crippen molar-refractivity contribution < 1.29 is 0 Å². The number of rotatable bonds is 5. The van der Waals surface area contributed by atoms with Crippen LogP contribution in [0.25, 0.3) is 0 Å². The Hall–Kier alpha value is -0.430. The molecule has 2 rings (SSSR count). The van der Waals surface area contributed by atoms with Crippen LogP contribution in [0, 0.1) is 0 Å². The summed E-state index contributed by atoms with van der Waals surface area (Å²) < 4.78 is 2.08. The maximum atomic E-state index is 4.08. The standard InChI is InChI=1S/C12H14BrN3S2/c1-3-14-8(2)10-6-9(13)4-5-11(10)18-12-16-15-7-17-12/h4-8,14H,3H2,1-2H3. The molecule has 0 radical (unpaired) electrons. The second-order valence-electron chi connectivity index (χ2n) is 3.77. The highest BCUT2D eigenvalue weighted by Crippen LogP contribution is 2.35. The average Bonchev–Trinajstić information content (AvgIpc) is 2.84. The van der Waals surface area contributed by atoms with E-state index in [0.29, 0.717) is 6.04 Å². The van der Waals surface area contributed by atoms with Crippen LogP contribution in [0.5, 0.6) is 0 Å². The van der Waals surface area contributed by atoms with Crippen molar-refractivity contribution in [1.29, 1.82) is 0 Å². The third kappa shape index (κ3) is 3.54. The van der Waals surface area contributed by atoms with Gasteiger partial charge in [0, 0.05) is 15.4 Å². The number of halogens is 1. The van der Waals surface area contributed by atoms with Crippen LogP contribution in [-0.2, 0) is 0 Å². The summed E-state index contributed by atoms with van der Waals surface area (Å²) in [6, 6.07) is 6.67. The van der Waals surface area contributed by atoms with E-state index < -0.39 is 0 Å². The van der Waals surface area contributed by atoms with Crippen LogP contribution < -0.4 is 5.32 Å². The summed E-state index contributed by atoms with van der Waals surface area (Å²) in [6.45, 7) is 5.25. The van der Waals surface area contributed by atoms with Gasteiger partial charge in [0.1, 0.15) is 5.51 Å². The number of nitrogens with zero attached hydrogens (tertiary/aromatic N) is 2. The summed E-state index contributed by atoms with van der Waals surface area (Å²) in [5.41, 5.74) is 3.04. The SMILES string of the molecule is CCNC(C)c1cc(Br)ccc1Sc1nncs1. The lowest BCUT2D eigenvalue weighted by atomic mass is 10.1. The molecule has 3 nitrogen and oxygen atoms in total. The molecule has 0 aliphatic carbocycles. The molecule has 0 saturated heterocycles. The summed E-state index contributed by atoms with van der Waals surface area (Å²) >= 11 is 6.76. The predicted molar refractivity (Wildman–Crippen MR) is 80.3 cm³/mol. The van der Waals surface area contributed by atoms with Crippen LogP contribution in [0.4, 0.5) is 0 Å². The Morgan fingerprint density at radius 2 is 2.33 bits per heavy atom. The van der Waals surface area contributed by atoms with E-state index in [0.717, 1.165) is 15.4 Å². The van der Waals surface area contributed by atoms with Crippen molar-refractivity contribution in [3.63, 3.8) is 0 Å². The van der Waals surface area contributed by atoms with E-state index in [1.807, 2.05) is 0 Å². The Morgan fingerprint density at radius 1 is 1.50 bits per heavy atom. The molecule has 2 aromatic rings. The molecule has 0 spiro atoms. The topological polar surface area (TPSA) is 37.8 Å². The van der Waals surface area contributed by atoms with Crippen LogP contribution in [-0.4, -0.2) is 16.7 Å². The molecule has 0 aliphatic heterocycles. The first kappa shape index (κ1) is 14.0. The van der Waals surface area contributed by atoms with E-state index in [2.05, 4.69) is 63.5 Å². The van der Waals surface area contributed by atoms with Gasteiger partial charge in [-0.25, -0.2) is 0 Å². The van der Waals surface area contributed by atoms with Gasteiger partial charge in [-0.2, -0.15) is 0 Å². The molecule has 96 valence electrons. The maximum Gasteiger partial charge on any atom is 0.178 e. The van der Waals surface area contributed by atoms with Crippen LogP contribution >= 0.6 is 39.0 Å². The first-order valence-corrected chi connectivity index (χ1v) is 8.16. The third-order valence-electron chi connectivity index (χ3n) is 2.49. The predicted octanol–water partition coefficient (Wildman–Crippen LogP) is 4.12. The lowest BCUT2D eigenvalue weighted by Crippen LogP contribution is -2.18. The molecule has 1 heterocycles. The summed E-state index contributed by atoms with van der Waals surface area (Å²) in [4.78, 5) is 1.23. The van der Waals surface area contributed by atoms with Crippen molar-refractivity contribution in [1.82, 2.24) is 15.5 Å². The Kier molecular flexibility index (Phi) is 5.17. The molecule has 1 aromatic carbocycles. The van der Waals surface area contributed by atoms with Crippen molar-refractivity contribution in [2.45, 2.75) is 29.1 Å². The fourth-order valence-corrected chi connectivity index (χ4v) is 3.68. The summed E-state index contributed by atoms with van der Waals surface area (Å²) in [6.07, 6.45) is 0. The minimum absolute atomic E-state index is 0.322. The average molecular weight is 344 g/mol. The molecule has 0 aliphatic rings. The van der Waals surface area contributed by atoms with Gasteiger partial charge in [0.2, 0.25) is 0 Å². The zero-order chi connectivity index (χ0) is 13.0. The zero-order valence-corrected chi connectivity index (χ0v) is 13.4. The van der Waals surface area contributed by atoms with E-state index >= 15 is 0 Å². The third-order valence-corrected chi connectivity index (χ3v) is 4.85. The van der Waals surface area contributed by atoms with Crippen molar-refractivity contribution in [2.24, 2.45) is 0 Å². The van der Waals surface area contributed by atoms with Crippen molar-refractivity contribution in [3.05, 3.63) is 33.7 Å². The van der Waals surface area contributed by atoms with Gasteiger partial charge in [-0.15, -0.1) is 10.2 Å². The monoisotopic (exact) mass is 343 g/mol. The Bertz CT molecular complexity index is 502. The molecule has 1 N–H and O–H groups in total. The maximum absolute atomic E-state index is 4.08. The molecule has 6 heteroatoms. The lowest BCUT2D eigenvalue weighted by molar-refractivity contribution is 0.589. The van der Waals surface area contributed by atoms with E-state index in [-0.39, 0.29) is 0 Å². The second kappa shape index (κ2) is 6.65. The highest BCUT2D eigenvalue weighted by Gasteiger charge is 2.12. The van der Waals surface area contributed by atoms with Gasteiger partial charge in [0.05, 0.1) is 0 Å². The minimum Gasteiger partial charge on any atom is -0.310 e. The van der Waals surface area contributed by atoms with E-state index in [9.17, 15) is 0 Å². The minimum atomic E-state index is 0.322. The number of benzene rings is 1. The summed E-state index contributed by atoms with van der Waals surface area (Å²) in [7, 11) is 0. The highest BCUT2D eigenvalue weighted by atomic mass is 79.9. The molecule has 1 aromatic heterocycles. The lowest BCUT2D eigenvalue weighted by Gasteiger charge is -2.16. The van der Waals surface area contributed by atoms with E-state index in [4.69, 9.17) is 0 Å². The normalized spacial score (nSPS) is 12.6. The quantitative estimate of drug-likeness (QED) is 0.885. The molecule has 0 amide bonds. The van der Waals surface area contributed by atoms with Gasteiger partial charge in [-0.3, -0.25) is 0 Å². The van der Waals surface area contributed by atoms with Crippen LogP contribution in [0.2, 0.25) is 0 Å². The number of hydrogen-bond acceptors (Lipinski definition) is 5. The molecule has 0 bridgehead atoms. The molecular weight excluding hydrogens is 330 g/mol. The number of aromatic nitrogens is 2. The van der Waals surface area contributed by atoms with Crippen LogP contribution in [0.1, 0.15) is 25.5 Å². The summed E-state index contributed by atoms with van der Waals surface area (Å²) in [5, 5.41) is 11.4. The molecule has 0 fully saturated rings. The van der Waals surface area contributed by atoms with Gasteiger partial charge in [0.15, 0.2) is 4.34 Å². The number of nitrogens with one attached hydrogen (secondary N) is 1. The Balaban J connectivity index is 2.28.